The Bertz CT molecular complexity index is 581. The molecule has 0 amide bonds. The van der Waals surface area contributed by atoms with Crippen LogP contribution in [0.3, 0.4) is 0 Å². The summed E-state index contributed by atoms with van der Waals surface area (Å²) in [4.78, 5) is 15.6. The summed E-state index contributed by atoms with van der Waals surface area (Å²) in [5.74, 6) is -0.582. The molecule has 0 saturated heterocycles. The van der Waals surface area contributed by atoms with Crippen LogP contribution in [0, 0.1) is 17.1 Å². The van der Waals surface area contributed by atoms with Gasteiger partial charge in [0.1, 0.15) is 17.6 Å². The molecule has 4 nitrogen and oxygen atoms in total. The van der Waals surface area contributed by atoms with E-state index >= 15 is 0 Å². The summed E-state index contributed by atoms with van der Waals surface area (Å²) in [5.41, 5.74) is 0.726. The van der Waals surface area contributed by atoms with E-state index in [4.69, 9.17) is 5.26 Å². The van der Waals surface area contributed by atoms with Crippen molar-refractivity contribution >= 4 is 5.78 Å². The highest BCUT2D eigenvalue weighted by Gasteiger charge is 2.09. The molecular weight excluding hydrogens is 221 g/mol. The molecule has 0 aliphatic rings. The molecule has 0 bridgehead atoms. The Morgan fingerprint density at radius 2 is 2.12 bits per heavy atom. The number of halogens is 1. The molecule has 2 aromatic rings. The number of aromatic nitrogens is 2. The van der Waals surface area contributed by atoms with E-state index in [1.807, 2.05) is 6.07 Å². The van der Waals surface area contributed by atoms with E-state index in [1.54, 1.807) is 0 Å². The number of carbonyl (C=O) groups excluding carboxylic acids is 1. The second kappa shape index (κ2) is 4.58. The van der Waals surface area contributed by atoms with E-state index in [0.29, 0.717) is 11.3 Å². The smallest absolute Gasteiger partial charge is 0.182 e. The van der Waals surface area contributed by atoms with Gasteiger partial charge in [-0.3, -0.25) is 4.79 Å². The van der Waals surface area contributed by atoms with E-state index in [9.17, 15) is 9.18 Å². The zero-order valence-electron chi connectivity index (χ0n) is 8.80. The minimum atomic E-state index is -0.387. The van der Waals surface area contributed by atoms with Crippen LogP contribution in [0.1, 0.15) is 16.1 Å². The molecule has 0 atom stereocenters. The highest BCUT2D eigenvalue weighted by molar-refractivity contribution is 5.95. The number of ketones is 1. The number of imidazole rings is 1. The first-order valence-corrected chi connectivity index (χ1v) is 4.89. The number of carbonyl (C=O) groups is 1. The lowest BCUT2D eigenvalue weighted by Crippen LogP contribution is -2.11. The number of hydrogen-bond donors (Lipinski definition) is 0. The minimum Gasteiger partial charge on any atom is -0.315 e. The van der Waals surface area contributed by atoms with Gasteiger partial charge in [0.15, 0.2) is 5.78 Å². The predicted octanol–water partition coefficient (Wildman–Crippen LogP) is 1.78. The van der Waals surface area contributed by atoms with Crippen LogP contribution in [0.15, 0.2) is 36.8 Å². The van der Waals surface area contributed by atoms with Gasteiger partial charge in [-0.15, -0.1) is 0 Å². The lowest BCUT2D eigenvalue weighted by atomic mass is 10.1. The number of benzene rings is 1. The van der Waals surface area contributed by atoms with Crippen LogP contribution in [0.5, 0.6) is 0 Å². The summed E-state index contributed by atoms with van der Waals surface area (Å²) in [6, 6.07) is 7.22. The fraction of sp³-hybridized carbons (Fsp3) is 0.0833. The molecule has 0 unspecified atom stereocenters. The van der Waals surface area contributed by atoms with Crippen LogP contribution in [-0.2, 0) is 6.54 Å². The topological polar surface area (TPSA) is 58.7 Å². The quantitative estimate of drug-likeness (QED) is 0.754. The molecule has 0 aliphatic heterocycles. The van der Waals surface area contributed by atoms with Gasteiger partial charge < -0.3 is 4.57 Å². The Kier molecular flexibility index (Phi) is 2.97. The van der Waals surface area contributed by atoms with Gasteiger partial charge in [0.2, 0.25) is 0 Å². The van der Waals surface area contributed by atoms with Crippen LogP contribution in [0.2, 0.25) is 0 Å². The largest absolute Gasteiger partial charge is 0.315 e. The molecule has 0 spiro atoms. The van der Waals surface area contributed by atoms with Crippen LogP contribution in [0.4, 0.5) is 4.39 Å². The molecule has 1 aromatic heterocycles. The number of hydrogen-bond acceptors (Lipinski definition) is 3. The minimum absolute atomic E-state index is 0.0223. The van der Waals surface area contributed by atoms with Crippen molar-refractivity contribution in [1.82, 2.24) is 9.55 Å². The normalized spacial score (nSPS) is 9.88. The first-order valence-electron chi connectivity index (χ1n) is 4.89. The Morgan fingerprint density at radius 3 is 2.76 bits per heavy atom. The van der Waals surface area contributed by atoms with E-state index in [1.165, 1.54) is 41.4 Å². The highest BCUT2D eigenvalue weighted by Crippen LogP contribution is 2.06. The second-order valence-electron chi connectivity index (χ2n) is 3.45. The number of nitriles is 1. The van der Waals surface area contributed by atoms with Crippen LogP contribution in [-0.4, -0.2) is 15.3 Å². The monoisotopic (exact) mass is 229 g/mol. The lowest BCUT2D eigenvalue weighted by molar-refractivity contribution is 0.0971. The molecule has 17 heavy (non-hydrogen) atoms. The number of rotatable bonds is 3. The van der Waals surface area contributed by atoms with Crippen LogP contribution in [0.25, 0.3) is 0 Å². The average molecular weight is 229 g/mol. The van der Waals surface area contributed by atoms with Crippen molar-refractivity contribution in [3.05, 3.63) is 53.9 Å². The van der Waals surface area contributed by atoms with Crippen molar-refractivity contribution in [3.63, 3.8) is 0 Å². The van der Waals surface area contributed by atoms with E-state index in [-0.39, 0.29) is 18.1 Å². The van der Waals surface area contributed by atoms with E-state index in [2.05, 4.69) is 4.98 Å². The Morgan fingerprint density at radius 1 is 1.41 bits per heavy atom. The summed E-state index contributed by atoms with van der Waals surface area (Å²) in [6.45, 7) is 0.0223. The van der Waals surface area contributed by atoms with Crippen molar-refractivity contribution < 1.29 is 9.18 Å². The number of nitrogens with zero attached hydrogens (tertiary/aromatic N) is 3. The van der Waals surface area contributed by atoms with Gasteiger partial charge in [0, 0.05) is 5.56 Å². The SMILES string of the molecule is N#Cc1cncn1CC(=O)c1ccc(F)cc1. The van der Waals surface area contributed by atoms with Crippen molar-refractivity contribution in [3.8, 4) is 6.07 Å². The molecule has 84 valence electrons. The van der Waals surface area contributed by atoms with Gasteiger partial charge in [-0.25, -0.2) is 9.37 Å². The fourth-order valence-electron chi connectivity index (χ4n) is 1.42. The first kappa shape index (κ1) is 11.0. The zero-order chi connectivity index (χ0) is 12.3. The lowest BCUT2D eigenvalue weighted by Gasteiger charge is -2.03. The van der Waals surface area contributed by atoms with Gasteiger partial charge in [-0.2, -0.15) is 5.26 Å². The van der Waals surface area contributed by atoms with Crippen molar-refractivity contribution in [2.24, 2.45) is 0 Å². The third-order valence-corrected chi connectivity index (χ3v) is 2.31. The summed E-state index contributed by atoms with van der Waals surface area (Å²) in [5, 5.41) is 8.76. The van der Waals surface area contributed by atoms with Gasteiger partial charge in [0.05, 0.1) is 19.1 Å². The third-order valence-electron chi connectivity index (χ3n) is 2.31. The maximum Gasteiger partial charge on any atom is 0.182 e. The standard InChI is InChI=1S/C12H8FN3O/c13-10-3-1-9(2-4-10)12(17)7-16-8-15-6-11(16)5-14/h1-4,6,8H,7H2. The van der Waals surface area contributed by atoms with Gasteiger partial charge in [0.25, 0.3) is 0 Å². The molecule has 0 N–H and O–H groups in total. The molecule has 5 heteroatoms. The van der Waals surface area contributed by atoms with Crippen LogP contribution < -0.4 is 0 Å². The van der Waals surface area contributed by atoms with E-state index in [0.717, 1.165) is 0 Å². The number of Topliss-reactive ketones (excluding diaryl/α,β-unsaturated/α-hetero) is 1. The van der Waals surface area contributed by atoms with Gasteiger partial charge >= 0.3 is 0 Å². The zero-order valence-corrected chi connectivity index (χ0v) is 8.80. The summed E-state index contributed by atoms with van der Waals surface area (Å²) in [7, 11) is 0. The van der Waals surface area contributed by atoms with Crippen LogP contribution >= 0.6 is 0 Å². The van der Waals surface area contributed by atoms with Crippen molar-refractivity contribution in [2.75, 3.05) is 0 Å². The van der Waals surface area contributed by atoms with Crippen molar-refractivity contribution in [2.45, 2.75) is 6.54 Å². The molecule has 1 heterocycles. The fourth-order valence-corrected chi connectivity index (χ4v) is 1.42. The molecule has 0 radical (unpaired) electrons. The summed E-state index contributed by atoms with van der Waals surface area (Å²) in [6.07, 6.45) is 2.80. The molecular formula is C12H8FN3O. The first-order chi connectivity index (χ1) is 8.20. The third kappa shape index (κ3) is 2.37. The highest BCUT2D eigenvalue weighted by atomic mass is 19.1. The van der Waals surface area contributed by atoms with Crippen molar-refractivity contribution in [1.29, 1.82) is 5.26 Å². The summed E-state index contributed by atoms with van der Waals surface area (Å²) >= 11 is 0. The molecule has 1 aromatic carbocycles. The molecule has 0 saturated carbocycles. The Balaban J connectivity index is 2.18. The Labute approximate surface area is 96.9 Å². The summed E-state index contributed by atoms with van der Waals surface area (Å²) < 4.78 is 14.1. The van der Waals surface area contributed by atoms with E-state index < -0.39 is 0 Å². The maximum absolute atomic E-state index is 12.7. The predicted molar refractivity (Wildman–Crippen MR) is 57.7 cm³/mol. The molecule has 0 aliphatic carbocycles. The molecule has 2 rings (SSSR count). The second-order valence-corrected chi connectivity index (χ2v) is 3.45. The van der Waals surface area contributed by atoms with Gasteiger partial charge in [-0.1, -0.05) is 0 Å². The maximum atomic E-state index is 12.7. The molecule has 0 fully saturated rings. The average Bonchev–Trinajstić information content (AvgIpc) is 2.77. The Hall–Kier alpha value is -2.48. The van der Waals surface area contributed by atoms with Gasteiger partial charge in [-0.05, 0) is 24.3 Å².